The first kappa shape index (κ1) is 11.9. The molecule has 18 heavy (non-hydrogen) atoms. The van der Waals surface area contributed by atoms with Crippen molar-refractivity contribution in [1.82, 2.24) is 0 Å². The number of hydrogen-bond donors (Lipinski definition) is 2. The molecule has 0 atom stereocenters. The van der Waals surface area contributed by atoms with Crippen LogP contribution in [0, 0.1) is 5.82 Å². The second-order valence-electron chi connectivity index (χ2n) is 3.68. The fourth-order valence-corrected chi connectivity index (χ4v) is 1.61. The molecule has 2 aromatic carbocycles. The molecule has 0 radical (unpaired) electrons. The molecule has 0 spiro atoms. The van der Waals surface area contributed by atoms with Crippen molar-refractivity contribution in [3.63, 3.8) is 0 Å². The highest BCUT2D eigenvalue weighted by Crippen LogP contribution is 2.34. The Labute approximate surface area is 102 Å². The van der Waals surface area contributed by atoms with Gasteiger partial charge in [-0.3, -0.25) is 0 Å². The van der Waals surface area contributed by atoms with Crippen LogP contribution in [0.5, 0.6) is 11.5 Å². The van der Waals surface area contributed by atoms with E-state index in [-0.39, 0.29) is 22.4 Å². The molecule has 0 aliphatic carbocycles. The van der Waals surface area contributed by atoms with Gasteiger partial charge in [0.15, 0.2) is 0 Å². The van der Waals surface area contributed by atoms with Gasteiger partial charge >= 0.3 is 5.97 Å². The van der Waals surface area contributed by atoms with Gasteiger partial charge in [-0.2, -0.15) is 0 Å². The molecule has 2 aromatic rings. The zero-order chi connectivity index (χ0) is 13.3. The largest absolute Gasteiger partial charge is 0.872 e. The molecular weight excluding hydrogens is 239 g/mol. The normalized spacial score (nSPS) is 10.3. The summed E-state index contributed by atoms with van der Waals surface area (Å²) in [4.78, 5) is 10.7. The van der Waals surface area contributed by atoms with Crippen LogP contribution in [0.2, 0.25) is 0 Å². The summed E-state index contributed by atoms with van der Waals surface area (Å²) in [5.74, 6) is -2.74. The van der Waals surface area contributed by atoms with E-state index in [1.54, 1.807) is 0 Å². The highest BCUT2D eigenvalue weighted by atomic mass is 19.1. The number of aromatic carboxylic acids is 1. The fraction of sp³-hybridized carbons (Fsp3) is 0. The summed E-state index contributed by atoms with van der Waals surface area (Å²) in [6.07, 6.45) is 0. The van der Waals surface area contributed by atoms with Gasteiger partial charge in [-0.05, 0) is 23.8 Å². The Morgan fingerprint density at radius 1 is 1.11 bits per heavy atom. The highest BCUT2D eigenvalue weighted by Gasteiger charge is 2.08. The van der Waals surface area contributed by atoms with Crippen LogP contribution in [0.25, 0.3) is 11.1 Å². The second kappa shape index (κ2) is 4.37. The van der Waals surface area contributed by atoms with Crippen molar-refractivity contribution in [2.45, 2.75) is 0 Å². The molecule has 0 fully saturated rings. The quantitative estimate of drug-likeness (QED) is 0.850. The van der Waals surface area contributed by atoms with Crippen molar-refractivity contribution < 1.29 is 24.5 Å². The van der Waals surface area contributed by atoms with Crippen molar-refractivity contribution in [3.05, 3.63) is 47.8 Å². The fourth-order valence-electron chi connectivity index (χ4n) is 1.61. The molecule has 0 aliphatic rings. The first-order valence-electron chi connectivity index (χ1n) is 5.02. The van der Waals surface area contributed by atoms with Gasteiger partial charge in [0, 0.05) is 11.6 Å². The Balaban J connectivity index is 2.54. The minimum atomic E-state index is -1.21. The number of phenols is 1. The van der Waals surface area contributed by atoms with Gasteiger partial charge in [-0.25, -0.2) is 9.18 Å². The minimum Gasteiger partial charge on any atom is -0.872 e. The zero-order valence-corrected chi connectivity index (χ0v) is 9.05. The maximum absolute atomic E-state index is 12.8. The number of halogens is 1. The monoisotopic (exact) mass is 247 g/mol. The van der Waals surface area contributed by atoms with E-state index in [9.17, 15) is 19.4 Å². The zero-order valence-electron chi connectivity index (χ0n) is 9.05. The number of carboxylic acid groups (broad SMARTS) is 1. The number of carbonyl (C=O) groups is 1. The summed E-state index contributed by atoms with van der Waals surface area (Å²) in [7, 11) is 0. The Morgan fingerprint density at radius 3 is 2.33 bits per heavy atom. The van der Waals surface area contributed by atoms with E-state index < -0.39 is 17.5 Å². The lowest BCUT2D eigenvalue weighted by Crippen LogP contribution is -2.00. The Morgan fingerprint density at radius 2 is 1.78 bits per heavy atom. The maximum Gasteiger partial charge on any atom is 0.335 e. The van der Waals surface area contributed by atoms with Crippen LogP contribution in [0.4, 0.5) is 4.39 Å². The van der Waals surface area contributed by atoms with Crippen LogP contribution in [-0.2, 0) is 0 Å². The van der Waals surface area contributed by atoms with Crippen LogP contribution in [0.15, 0.2) is 36.4 Å². The molecule has 0 amide bonds. The number of carboxylic acids is 1. The number of phenolic OH excluding ortho intramolecular Hbond substituents is 1. The molecule has 2 rings (SSSR count). The van der Waals surface area contributed by atoms with E-state index in [2.05, 4.69) is 0 Å². The van der Waals surface area contributed by atoms with Gasteiger partial charge in [0.1, 0.15) is 11.6 Å². The summed E-state index contributed by atoms with van der Waals surface area (Å²) in [6, 6.07) is 6.77. The third kappa shape index (κ3) is 2.10. The predicted molar refractivity (Wildman–Crippen MR) is 59.9 cm³/mol. The number of benzene rings is 2. The lowest BCUT2D eigenvalue weighted by Gasteiger charge is -2.15. The third-order valence-corrected chi connectivity index (χ3v) is 2.48. The van der Waals surface area contributed by atoms with Crippen LogP contribution >= 0.6 is 0 Å². The van der Waals surface area contributed by atoms with E-state index in [0.717, 1.165) is 18.2 Å². The molecule has 0 saturated carbocycles. The Bertz CT molecular complexity index is 622. The molecule has 0 heterocycles. The van der Waals surface area contributed by atoms with E-state index in [4.69, 9.17) is 5.11 Å². The summed E-state index contributed by atoms with van der Waals surface area (Å²) < 4.78 is 12.8. The summed E-state index contributed by atoms with van der Waals surface area (Å²) in [5, 5.41) is 30.0. The van der Waals surface area contributed by atoms with Crippen LogP contribution in [0.3, 0.4) is 0 Å². The van der Waals surface area contributed by atoms with Crippen LogP contribution < -0.4 is 5.11 Å². The van der Waals surface area contributed by atoms with E-state index >= 15 is 0 Å². The van der Waals surface area contributed by atoms with Gasteiger partial charge in [-0.15, -0.1) is 5.75 Å². The van der Waals surface area contributed by atoms with Crippen molar-refractivity contribution in [2.24, 2.45) is 0 Å². The van der Waals surface area contributed by atoms with E-state index in [1.165, 1.54) is 18.2 Å². The third-order valence-electron chi connectivity index (χ3n) is 2.48. The lowest BCUT2D eigenvalue weighted by atomic mass is 10.0. The smallest absolute Gasteiger partial charge is 0.335 e. The van der Waals surface area contributed by atoms with Crippen molar-refractivity contribution >= 4 is 5.97 Å². The number of hydrogen-bond acceptors (Lipinski definition) is 3. The number of rotatable bonds is 2. The number of aromatic hydroxyl groups is 1. The lowest BCUT2D eigenvalue weighted by molar-refractivity contribution is -0.267. The molecule has 92 valence electrons. The van der Waals surface area contributed by atoms with Gasteiger partial charge in [-0.1, -0.05) is 12.1 Å². The molecule has 4 nitrogen and oxygen atoms in total. The van der Waals surface area contributed by atoms with Crippen molar-refractivity contribution in [3.8, 4) is 22.6 Å². The van der Waals surface area contributed by atoms with E-state index in [0.29, 0.717) is 0 Å². The second-order valence-corrected chi connectivity index (χ2v) is 3.68. The van der Waals surface area contributed by atoms with Gasteiger partial charge in [0.25, 0.3) is 0 Å². The SMILES string of the molecule is O=C(O)c1ccc(-c2ccc(F)cc2O)c([O-])c1. The van der Waals surface area contributed by atoms with Crippen LogP contribution in [-0.4, -0.2) is 16.2 Å². The standard InChI is InChI=1S/C13H9FO4/c14-8-2-4-10(12(16)6-8)9-3-1-7(13(17)18)5-11(9)15/h1-6,15-16H,(H,17,18)/p-1. The molecular formula is C13H8FO4-. The summed E-state index contributed by atoms with van der Waals surface area (Å²) >= 11 is 0. The van der Waals surface area contributed by atoms with Crippen LogP contribution in [0.1, 0.15) is 10.4 Å². The van der Waals surface area contributed by atoms with Gasteiger partial charge < -0.3 is 15.3 Å². The van der Waals surface area contributed by atoms with Gasteiger partial charge in [0.05, 0.1) is 5.56 Å². The average molecular weight is 247 g/mol. The summed E-state index contributed by atoms with van der Waals surface area (Å²) in [6.45, 7) is 0. The van der Waals surface area contributed by atoms with Crippen molar-refractivity contribution in [1.29, 1.82) is 0 Å². The Kier molecular flexibility index (Phi) is 2.89. The predicted octanol–water partition coefficient (Wildman–Crippen LogP) is 1.97. The first-order valence-corrected chi connectivity index (χ1v) is 5.02. The maximum atomic E-state index is 12.8. The minimum absolute atomic E-state index is 0.123. The molecule has 5 heteroatoms. The molecule has 0 aliphatic heterocycles. The van der Waals surface area contributed by atoms with E-state index in [1.807, 2.05) is 0 Å². The molecule has 0 bridgehead atoms. The molecule has 0 saturated heterocycles. The highest BCUT2D eigenvalue weighted by molar-refractivity contribution is 5.90. The van der Waals surface area contributed by atoms with Gasteiger partial charge in [0.2, 0.25) is 0 Å². The first-order chi connectivity index (χ1) is 8.49. The molecule has 0 aromatic heterocycles. The molecule has 2 N–H and O–H groups in total. The molecule has 0 unspecified atom stereocenters. The Hall–Kier alpha value is -2.56. The summed E-state index contributed by atoms with van der Waals surface area (Å²) in [5.41, 5.74) is 0.154. The average Bonchev–Trinajstić information content (AvgIpc) is 2.30. The topological polar surface area (TPSA) is 80.6 Å². The van der Waals surface area contributed by atoms with Crippen molar-refractivity contribution in [2.75, 3.05) is 0 Å².